The Kier molecular flexibility index (Phi) is 12.8. The first-order valence-electron chi connectivity index (χ1n) is 3.76. The molecular weight excluding hydrogens is 266 g/mol. The molecule has 0 spiro atoms. The van der Waals surface area contributed by atoms with E-state index in [4.69, 9.17) is 0 Å². The van der Waals surface area contributed by atoms with E-state index in [9.17, 15) is 0 Å². The van der Waals surface area contributed by atoms with Gasteiger partial charge in [-0.1, -0.05) is 68.3 Å². The molecule has 1 rings (SSSR count). The third-order valence-corrected chi connectivity index (χ3v) is 1.20. The van der Waals surface area contributed by atoms with Crippen molar-refractivity contribution in [3.8, 4) is 0 Å². The van der Waals surface area contributed by atoms with Crippen molar-refractivity contribution in [2.75, 3.05) is 0 Å². The summed E-state index contributed by atoms with van der Waals surface area (Å²) >= 11 is 0. The molecule has 0 saturated carbocycles. The minimum atomic E-state index is 0. The predicted molar refractivity (Wildman–Crippen MR) is 62.7 cm³/mol. The maximum absolute atomic E-state index is 3.63. The fourth-order valence-corrected chi connectivity index (χ4v) is 0.589. The van der Waals surface area contributed by atoms with Crippen molar-refractivity contribution in [2.45, 2.75) is 0 Å². The number of rotatable bonds is 2. The molecule has 0 atom stereocenters. The summed E-state index contributed by atoms with van der Waals surface area (Å²) in [5, 5.41) is 0. The van der Waals surface area contributed by atoms with E-state index in [1.807, 2.05) is 36.4 Å². The Morgan fingerprint density at radius 1 is 0.846 bits per heavy atom. The Bertz CT molecular complexity index is 231. The second kappa shape index (κ2) is 11.3. The smallest absolute Gasteiger partial charge is 0 e. The molecule has 0 aliphatic heterocycles. The Hall–Kier alpha value is -0.742. The Balaban J connectivity index is 0. The SMILES string of the molecule is C=CC=C.C=Cc1ccccc1.[Sb]. The number of hydrogen-bond acceptors (Lipinski definition) is 0. The topological polar surface area (TPSA) is 0 Å². The second-order valence-electron chi connectivity index (χ2n) is 2.09. The zero-order chi connectivity index (χ0) is 9.23. The van der Waals surface area contributed by atoms with Gasteiger partial charge in [-0.05, 0) is 5.56 Å². The Morgan fingerprint density at radius 3 is 1.54 bits per heavy atom. The molecule has 0 amide bonds. The summed E-state index contributed by atoms with van der Waals surface area (Å²) in [6.07, 6.45) is 5.11. The molecule has 0 nitrogen and oxygen atoms in total. The van der Waals surface area contributed by atoms with Crippen LogP contribution in [0, 0.1) is 0 Å². The van der Waals surface area contributed by atoms with Crippen molar-refractivity contribution in [1.29, 1.82) is 0 Å². The summed E-state index contributed by atoms with van der Waals surface area (Å²) in [5.74, 6) is 0. The van der Waals surface area contributed by atoms with Crippen LogP contribution in [0.5, 0.6) is 0 Å². The molecule has 0 aliphatic rings. The van der Waals surface area contributed by atoms with Crippen molar-refractivity contribution in [3.63, 3.8) is 0 Å². The molecule has 0 fully saturated rings. The molecule has 0 heterocycles. The van der Waals surface area contributed by atoms with Gasteiger partial charge in [0.1, 0.15) is 0 Å². The minimum absolute atomic E-state index is 0. The zero-order valence-electron chi connectivity index (χ0n) is 7.69. The van der Waals surface area contributed by atoms with E-state index >= 15 is 0 Å². The van der Waals surface area contributed by atoms with Crippen molar-refractivity contribution in [1.82, 2.24) is 0 Å². The van der Waals surface area contributed by atoms with Crippen LogP contribution in [-0.2, 0) is 0 Å². The normalized spacial score (nSPS) is 6.77. The summed E-state index contributed by atoms with van der Waals surface area (Å²) < 4.78 is 0. The summed E-state index contributed by atoms with van der Waals surface area (Å²) in [4.78, 5) is 0. The third kappa shape index (κ3) is 9.17. The molecule has 0 aliphatic carbocycles. The summed E-state index contributed by atoms with van der Waals surface area (Å²) in [5.41, 5.74) is 1.17. The molecular formula is C12H14Sb. The Morgan fingerprint density at radius 2 is 1.31 bits per heavy atom. The van der Waals surface area contributed by atoms with Crippen LogP contribution in [0.3, 0.4) is 0 Å². The predicted octanol–water partition coefficient (Wildman–Crippen LogP) is 3.31. The molecule has 0 unspecified atom stereocenters. The van der Waals surface area contributed by atoms with Crippen molar-refractivity contribution >= 4 is 30.5 Å². The maximum Gasteiger partial charge on any atom is 0 e. The van der Waals surface area contributed by atoms with Gasteiger partial charge in [0, 0.05) is 24.4 Å². The van der Waals surface area contributed by atoms with Crippen LogP contribution >= 0.6 is 0 Å². The van der Waals surface area contributed by atoms with Crippen molar-refractivity contribution in [2.24, 2.45) is 0 Å². The van der Waals surface area contributed by atoms with E-state index in [2.05, 4.69) is 19.7 Å². The van der Waals surface area contributed by atoms with Gasteiger partial charge in [0.15, 0.2) is 0 Å². The van der Waals surface area contributed by atoms with E-state index in [0.29, 0.717) is 0 Å². The van der Waals surface area contributed by atoms with E-state index in [1.165, 1.54) is 5.56 Å². The summed E-state index contributed by atoms with van der Waals surface area (Å²) in [6.45, 7) is 10.4. The molecule has 0 bridgehead atoms. The molecule has 3 radical (unpaired) electrons. The average Bonchev–Trinajstić information content (AvgIpc) is 2.19. The third-order valence-electron chi connectivity index (χ3n) is 1.20. The zero-order valence-corrected chi connectivity index (χ0v) is 10.2. The quantitative estimate of drug-likeness (QED) is 0.576. The van der Waals surface area contributed by atoms with E-state index < -0.39 is 0 Å². The van der Waals surface area contributed by atoms with Crippen LogP contribution in [0.4, 0.5) is 0 Å². The van der Waals surface area contributed by atoms with Crippen LogP contribution in [0.15, 0.2) is 62.2 Å². The van der Waals surface area contributed by atoms with Gasteiger partial charge in [-0.25, -0.2) is 0 Å². The van der Waals surface area contributed by atoms with Gasteiger partial charge in [-0.3, -0.25) is 0 Å². The van der Waals surface area contributed by atoms with Crippen LogP contribution in [0.25, 0.3) is 6.08 Å². The first-order valence-corrected chi connectivity index (χ1v) is 3.76. The molecule has 0 N–H and O–H groups in total. The molecule has 13 heavy (non-hydrogen) atoms. The molecule has 1 aromatic carbocycles. The van der Waals surface area contributed by atoms with E-state index in [1.54, 1.807) is 12.2 Å². The largest absolute Gasteiger partial charge is 0.0991 e. The van der Waals surface area contributed by atoms with Gasteiger partial charge in [0.25, 0.3) is 0 Å². The molecule has 67 valence electrons. The standard InChI is InChI=1S/C8H8.C4H6.Sb/c1-2-8-6-4-3-5-7-8;1-3-4-2;/h2-7H,1H2;3-4H,1-2H2;. The second-order valence-corrected chi connectivity index (χ2v) is 2.09. The number of allylic oxidation sites excluding steroid dienone is 2. The first-order chi connectivity index (χ1) is 5.85. The van der Waals surface area contributed by atoms with Gasteiger partial charge in [0.2, 0.25) is 0 Å². The molecule has 1 heteroatoms. The fraction of sp³-hybridized carbons (Fsp3) is 0. The Labute approximate surface area is 98.1 Å². The first kappa shape index (κ1) is 14.8. The van der Waals surface area contributed by atoms with Crippen LogP contribution < -0.4 is 0 Å². The van der Waals surface area contributed by atoms with E-state index in [0.717, 1.165) is 0 Å². The van der Waals surface area contributed by atoms with Crippen molar-refractivity contribution < 1.29 is 0 Å². The van der Waals surface area contributed by atoms with Crippen molar-refractivity contribution in [3.05, 3.63) is 67.8 Å². The van der Waals surface area contributed by atoms with Gasteiger partial charge in [0.05, 0.1) is 0 Å². The van der Waals surface area contributed by atoms with Gasteiger partial charge in [-0.2, -0.15) is 0 Å². The van der Waals surface area contributed by atoms with Crippen LogP contribution in [-0.4, -0.2) is 24.4 Å². The molecule has 0 saturated heterocycles. The summed E-state index contributed by atoms with van der Waals surface area (Å²) in [7, 11) is 0. The van der Waals surface area contributed by atoms with E-state index in [-0.39, 0.29) is 24.4 Å². The fourth-order valence-electron chi connectivity index (χ4n) is 0.589. The summed E-state index contributed by atoms with van der Waals surface area (Å²) in [6, 6.07) is 10.0. The minimum Gasteiger partial charge on any atom is -0.0991 e. The van der Waals surface area contributed by atoms with Crippen LogP contribution in [0.2, 0.25) is 0 Å². The molecule has 0 aromatic heterocycles. The molecule has 1 aromatic rings. The number of benzene rings is 1. The maximum atomic E-state index is 3.63. The van der Waals surface area contributed by atoms with Crippen LogP contribution in [0.1, 0.15) is 5.56 Å². The monoisotopic (exact) mass is 279 g/mol. The van der Waals surface area contributed by atoms with Gasteiger partial charge in [-0.15, -0.1) is 0 Å². The number of hydrogen-bond donors (Lipinski definition) is 0. The van der Waals surface area contributed by atoms with Gasteiger partial charge >= 0.3 is 0 Å². The average molecular weight is 280 g/mol. The van der Waals surface area contributed by atoms with Gasteiger partial charge < -0.3 is 0 Å².